The summed E-state index contributed by atoms with van der Waals surface area (Å²) in [5, 5.41) is 97.5. The zero-order valence-corrected chi connectivity index (χ0v) is 36.0. The molecule has 24 atom stereocenters. The van der Waals surface area contributed by atoms with Gasteiger partial charge in [0.25, 0.3) is 0 Å². The molecule has 348 valence electrons. The summed E-state index contributed by atoms with van der Waals surface area (Å²) in [7, 11) is 0. The van der Waals surface area contributed by atoms with Crippen LogP contribution in [0.1, 0.15) is 92.4 Å². The Bertz CT molecular complexity index is 1630. The molecule has 0 unspecified atom stereocenters. The predicted molar refractivity (Wildman–Crippen MR) is 210 cm³/mol. The van der Waals surface area contributed by atoms with Crippen molar-refractivity contribution in [2.24, 2.45) is 40.4 Å². The highest BCUT2D eigenvalue weighted by molar-refractivity contribution is 5.29. The average molecular weight is 871 g/mol. The number of allylic oxidation sites excluding steroid dienone is 1. The van der Waals surface area contributed by atoms with Crippen LogP contribution in [0.2, 0.25) is 0 Å². The van der Waals surface area contributed by atoms with Crippen molar-refractivity contribution in [2.75, 3.05) is 26.4 Å². The van der Waals surface area contributed by atoms with E-state index in [0.29, 0.717) is 37.7 Å². The number of rotatable bonds is 8. The third-order valence-electron chi connectivity index (χ3n) is 17.7. The molecule has 9 rings (SSSR count). The molecule has 0 aromatic rings. The van der Waals surface area contributed by atoms with Gasteiger partial charge in [-0.15, -0.1) is 0 Å². The van der Waals surface area contributed by atoms with Crippen molar-refractivity contribution >= 4 is 0 Å². The highest BCUT2D eigenvalue weighted by Crippen LogP contribution is 2.72. The highest BCUT2D eigenvalue weighted by atomic mass is 16.8. The van der Waals surface area contributed by atoms with Crippen LogP contribution >= 0.6 is 0 Å². The van der Waals surface area contributed by atoms with Gasteiger partial charge in [-0.05, 0) is 88.4 Å². The van der Waals surface area contributed by atoms with Crippen molar-refractivity contribution in [3.8, 4) is 0 Å². The minimum absolute atomic E-state index is 0.0891. The molecule has 9 N–H and O–H groups in total. The molecule has 0 radical (unpaired) electrons. The first-order valence-corrected chi connectivity index (χ1v) is 22.8. The van der Waals surface area contributed by atoms with Crippen LogP contribution in [0.3, 0.4) is 0 Å². The largest absolute Gasteiger partial charge is 0.396 e. The van der Waals surface area contributed by atoms with Gasteiger partial charge in [-0.1, -0.05) is 32.4 Å². The van der Waals surface area contributed by atoms with E-state index in [-0.39, 0.29) is 54.0 Å². The Labute approximate surface area is 357 Å². The highest BCUT2D eigenvalue weighted by Gasteiger charge is 2.76. The predicted octanol–water partition coefficient (Wildman–Crippen LogP) is -0.0303. The van der Waals surface area contributed by atoms with Crippen LogP contribution in [-0.4, -0.2) is 175 Å². The lowest BCUT2D eigenvalue weighted by atomic mass is 9.46. The quantitative estimate of drug-likeness (QED) is 0.145. The molecule has 5 heterocycles. The minimum atomic E-state index is -1.96. The Morgan fingerprint density at radius 3 is 2.13 bits per heavy atom. The van der Waals surface area contributed by atoms with E-state index < -0.39 is 97.4 Å². The molecule has 0 aromatic heterocycles. The first-order chi connectivity index (χ1) is 28.8. The van der Waals surface area contributed by atoms with Crippen LogP contribution in [0.5, 0.6) is 0 Å². The maximum absolute atomic E-state index is 12.8. The van der Waals surface area contributed by atoms with Gasteiger partial charge in [0.05, 0.1) is 44.2 Å². The molecule has 0 aromatic carbocycles. The molecule has 0 amide bonds. The molecule has 4 aliphatic carbocycles. The summed E-state index contributed by atoms with van der Waals surface area (Å²) in [6.07, 6.45) is -7.52. The number of fused-ring (bicyclic) bond motifs is 7. The van der Waals surface area contributed by atoms with Gasteiger partial charge in [0.2, 0.25) is 0 Å². The normalized spacial score (nSPS) is 58.2. The topological polar surface area (TPSA) is 256 Å². The SMILES string of the molecule is C[C@@H]1O[C@@H](OC[C@@]2(O)CO[C@@H](O[C@H]3CC[C@@]4(C)C(=CC[C@@H]5[C@@H]4CC[C@@]4(C)[C@H]5C[C@@H]5O[C@]6(CC[C@@H](CO)CO6)[C@@H](C)[C@@]54O)C3)[C@@H]2O[C@@H]2O[C@@H](C)[C@H](O)[C@@H](O)[C@H]2O)[C@H](O)[C@H](O)[C@H]1O. The van der Waals surface area contributed by atoms with Gasteiger partial charge in [0.1, 0.15) is 53.9 Å². The van der Waals surface area contributed by atoms with Crippen LogP contribution in [0.25, 0.3) is 0 Å². The van der Waals surface area contributed by atoms with E-state index in [1.54, 1.807) is 0 Å². The maximum Gasteiger partial charge on any atom is 0.187 e. The summed E-state index contributed by atoms with van der Waals surface area (Å²) in [5.41, 5.74) is -2.09. The fourth-order valence-electron chi connectivity index (χ4n) is 13.7. The summed E-state index contributed by atoms with van der Waals surface area (Å²) >= 11 is 0. The van der Waals surface area contributed by atoms with Crippen molar-refractivity contribution in [1.29, 1.82) is 0 Å². The summed E-state index contributed by atoms with van der Waals surface area (Å²) in [5.74, 6) is 0.136. The van der Waals surface area contributed by atoms with Crippen LogP contribution in [0, 0.1) is 40.4 Å². The Balaban J connectivity index is 0.896. The molecule has 61 heavy (non-hydrogen) atoms. The lowest BCUT2D eigenvalue weighted by Gasteiger charge is -2.59. The summed E-state index contributed by atoms with van der Waals surface area (Å²) in [6, 6.07) is 0. The van der Waals surface area contributed by atoms with Crippen molar-refractivity contribution in [3.05, 3.63) is 11.6 Å². The number of hydrogen-bond donors (Lipinski definition) is 9. The van der Waals surface area contributed by atoms with Crippen molar-refractivity contribution in [2.45, 2.75) is 195 Å². The second-order valence-corrected chi connectivity index (χ2v) is 20.8. The molecule has 1 spiro atoms. The van der Waals surface area contributed by atoms with E-state index in [4.69, 9.17) is 37.9 Å². The molecule has 9 aliphatic rings. The molecule has 5 aliphatic heterocycles. The molecular formula is C44H70O17. The summed E-state index contributed by atoms with van der Waals surface area (Å²) < 4.78 is 49.3. The van der Waals surface area contributed by atoms with Crippen LogP contribution in [0.4, 0.5) is 0 Å². The van der Waals surface area contributed by atoms with Gasteiger partial charge in [0, 0.05) is 30.3 Å². The molecule has 5 saturated heterocycles. The number of aliphatic hydroxyl groups excluding tert-OH is 7. The number of ether oxygens (including phenoxy) is 8. The van der Waals surface area contributed by atoms with Crippen LogP contribution in [-0.2, 0) is 37.9 Å². The van der Waals surface area contributed by atoms with E-state index in [0.717, 1.165) is 38.5 Å². The van der Waals surface area contributed by atoms with E-state index in [1.807, 2.05) is 0 Å². The summed E-state index contributed by atoms with van der Waals surface area (Å²) in [4.78, 5) is 0. The van der Waals surface area contributed by atoms with Crippen LogP contribution < -0.4 is 0 Å². The van der Waals surface area contributed by atoms with Gasteiger partial charge in [-0.25, -0.2) is 0 Å². The average Bonchev–Trinajstić information content (AvgIpc) is 3.75. The number of hydrogen-bond acceptors (Lipinski definition) is 17. The van der Waals surface area contributed by atoms with Gasteiger partial charge < -0.3 is 83.9 Å². The monoisotopic (exact) mass is 870 g/mol. The second-order valence-electron chi connectivity index (χ2n) is 20.8. The van der Waals surface area contributed by atoms with Crippen molar-refractivity contribution in [3.63, 3.8) is 0 Å². The van der Waals surface area contributed by atoms with E-state index >= 15 is 0 Å². The minimum Gasteiger partial charge on any atom is -0.396 e. The standard InChI is InChI=1S/C44H70O17/c1-20-30(46)32(48)34(50)37(57-20)54-18-42(52)19-55-39(36(42)60-38-35(51)33(49)31(47)21(2)58-38)59-25-9-11-40(4)24(14-25)6-7-26-27(40)10-12-41(5)28(26)15-29-44(41,53)22(3)43(61-29)13-8-23(16-45)17-56-43/h6,20-23,25-39,45-53H,7-19H2,1-5H3/t20-,21-,22+,23-,25-,26+,27-,28-,29-,30-,31-,32+,33+,34+,35+,36-,37+,38-,39-,40-,41-,42+,43+,44+/m0/s1. The van der Waals surface area contributed by atoms with Gasteiger partial charge in [0.15, 0.2) is 24.7 Å². The maximum atomic E-state index is 12.8. The molecule has 17 nitrogen and oxygen atoms in total. The Morgan fingerprint density at radius 1 is 0.770 bits per heavy atom. The van der Waals surface area contributed by atoms with E-state index in [9.17, 15) is 46.0 Å². The van der Waals surface area contributed by atoms with E-state index in [2.05, 4.69) is 26.8 Å². The third-order valence-corrected chi connectivity index (χ3v) is 17.7. The van der Waals surface area contributed by atoms with Gasteiger partial charge in [-0.3, -0.25) is 0 Å². The molecular weight excluding hydrogens is 800 g/mol. The smallest absolute Gasteiger partial charge is 0.187 e. The van der Waals surface area contributed by atoms with E-state index in [1.165, 1.54) is 19.4 Å². The Kier molecular flexibility index (Phi) is 12.0. The first kappa shape index (κ1) is 45.2. The lowest BCUT2D eigenvalue weighted by molar-refractivity contribution is -0.336. The fourth-order valence-corrected chi connectivity index (χ4v) is 13.7. The zero-order valence-electron chi connectivity index (χ0n) is 36.0. The van der Waals surface area contributed by atoms with Gasteiger partial charge >= 0.3 is 0 Å². The Morgan fingerprint density at radius 2 is 1.46 bits per heavy atom. The summed E-state index contributed by atoms with van der Waals surface area (Å²) in [6.45, 7) is 9.43. The lowest BCUT2D eigenvalue weighted by Crippen LogP contribution is -2.61. The molecule has 17 heteroatoms. The third kappa shape index (κ3) is 6.97. The number of aliphatic hydroxyl groups is 9. The van der Waals surface area contributed by atoms with Gasteiger partial charge in [-0.2, -0.15) is 0 Å². The first-order valence-electron chi connectivity index (χ1n) is 22.8. The van der Waals surface area contributed by atoms with Crippen molar-refractivity contribution < 1.29 is 83.9 Å². The Hall–Kier alpha value is -0.940. The second kappa shape index (κ2) is 16.1. The molecule has 0 bridgehead atoms. The zero-order chi connectivity index (χ0) is 43.6. The van der Waals surface area contributed by atoms with Crippen LogP contribution in [0.15, 0.2) is 11.6 Å². The molecule has 3 saturated carbocycles. The fraction of sp³-hybridized carbons (Fsp3) is 0.955. The van der Waals surface area contributed by atoms with Crippen molar-refractivity contribution in [1.82, 2.24) is 0 Å². The molecule has 8 fully saturated rings.